The van der Waals surface area contributed by atoms with Gasteiger partial charge in [0.1, 0.15) is 0 Å². The summed E-state index contributed by atoms with van der Waals surface area (Å²) in [5, 5.41) is 11.6. The molecule has 1 aliphatic carbocycles. The van der Waals surface area contributed by atoms with E-state index in [0.717, 1.165) is 6.42 Å². The van der Waals surface area contributed by atoms with E-state index in [1.165, 1.54) is 27.5 Å². The van der Waals surface area contributed by atoms with Crippen molar-refractivity contribution in [3.63, 3.8) is 0 Å². The van der Waals surface area contributed by atoms with Crippen LogP contribution in [0.25, 0.3) is 22.9 Å². The third-order valence-corrected chi connectivity index (χ3v) is 3.02. The number of aliphatic hydroxyl groups is 1. The Hall–Kier alpha value is -1.60. The average Bonchev–Trinajstić information content (AvgIpc) is 2.68. The van der Waals surface area contributed by atoms with E-state index in [0.29, 0.717) is 0 Å². The second-order valence-electron chi connectivity index (χ2n) is 3.89. The average molecular weight is 196 g/mol. The zero-order valence-corrected chi connectivity index (χ0v) is 8.40. The maximum Gasteiger partial charge on any atom is 0.0471 e. The monoisotopic (exact) mass is 196 g/mol. The summed E-state index contributed by atoms with van der Waals surface area (Å²) in [5.74, 6) is 0. The van der Waals surface area contributed by atoms with Crippen LogP contribution in [0.3, 0.4) is 0 Å². The Morgan fingerprint density at radius 1 is 0.933 bits per heavy atom. The Labute approximate surface area is 88.7 Å². The van der Waals surface area contributed by atoms with Crippen molar-refractivity contribution in [2.75, 3.05) is 6.61 Å². The molecule has 2 aromatic carbocycles. The van der Waals surface area contributed by atoms with Gasteiger partial charge in [-0.2, -0.15) is 0 Å². The van der Waals surface area contributed by atoms with E-state index < -0.39 is 0 Å². The Morgan fingerprint density at radius 3 is 2.53 bits per heavy atom. The summed E-state index contributed by atoms with van der Waals surface area (Å²) in [6, 6.07) is 10.6. The highest BCUT2D eigenvalue weighted by atomic mass is 16.2. The third-order valence-electron chi connectivity index (χ3n) is 3.02. The SMILES string of the molecule is OCCc1ccc2c3c(cccc13)C=C2. The highest BCUT2D eigenvalue weighted by Gasteiger charge is 2.10. The van der Waals surface area contributed by atoms with E-state index >= 15 is 0 Å². The van der Waals surface area contributed by atoms with E-state index in [4.69, 9.17) is 5.11 Å². The normalized spacial score (nSPS) is 12.6. The molecule has 1 N–H and O–H groups in total. The first-order valence-corrected chi connectivity index (χ1v) is 5.24. The Kier molecular flexibility index (Phi) is 1.86. The molecule has 0 amide bonds. The van der Waals surface area contributed by atoms with Gasteiger partial charge >= 0.3 is 0 Å². The fourth-order valence-corrected chi connectivity index (χ4v) is 2.32. The molecule has 0 saturated carbocycles. The van der Waals surface area contributed by atoms with Crippen molar-refractivity contribution in [1.29, 1.82) is 0 Å². The molecule has 0 aliphatic heterocycles. The largest absolute Gasteiger partial charge is 0.396 e. The summed E-state index contributed by atoms with van der Waals surface area (Å²) < 4.78 is 0. The molecule has 0 spiro atoms. The van der Waals surface area contributed by atoms with Gasteiger partial charge in [-0.05, 0) is 33.9 Å². The van der Waals surface area contributed by atoms with E-state index in [2.05, 4.69) is 42.5 Å². The van der Waals surface area contributed by atoms with Crippen molar-refractivity contribution in [2.45, 2.75) is 6.42 Å². The Balaban J connectivity index is 2.36. The maximum absolute atomic E-state index is 9.02. The van der Waals surface area contributed by atoms with Crippen LogP contribution in [0.4, 0.5) is 0 Å². The predicted molar refractivity (Wildman–Crippen MR) is 63.7 cm³/mol. The van der Waals surface area contributed by atoms with E-state index in [1.54, 1.807) is 0 Å². The quantitative estimate of drug-likeness (QED) is 0.668. The summed E-state index contributed by atoms with van der Waals surface area (Å²) in [4.78, 5) is 0. The van der Waals surface area contributed by atoms with E-state index in [-0.39, 0.29) is 6.61 Å². The molecule has 0 aromatic heterocycles. The lowest BCUT2D eigenvalue weighted by Crippen LogP contribution is -1.92. The molecule has 74 valence electrons. The Morgan fingerprint density at radius 2 is 1.73 bits per heavy atom. The third kappa shape index (κ3) is 1.20. The van der Waals surface area contributed by atoms with Gasteiger partial charge in [-0.3, -0.25) is 0 Å². The summed E-state index contributed by atoms with van der Waals surface area (Å²) in [7, 11) is 0. The minimum absolute atomic E-state index is 0.214. The lowest BCUT2D eigenvalue weighted by Gasteiger charge is -2.07. The molecule has 3 rings (SSSR count). The highest BCUT2D eigenvalue weighted by molar-refractivity contribution is 6.05. The molecule has 0 atom stereocenters. The topological polar surface area (TPSA) is 20.2 Å². The van der Waals surface area contributed by atoms with Gasteiger partial charge in [-0.15, -0.1) is 0 Å². The zero-order valence-electron chi connectivity index (χ0n) is 8.40. The fourth-order valence-electron chi connectivity index (χ4n) is 2.32. The zero-order chi connectivity index (χ0) is 10.3. The van der Waals surface area contributed by atoms with Gasteiger partial charge in [0.25, 0.3) is 0 Å². The van der Waals surface area contributed by atoms with Gasteiger partial charge in [0.2, 0.25) is 0 Å². The summed E-state index contributed by atoms with van der Waals surface area (Å²) in [6.07, 6.45) is 5.04. The van der Waals surface area contributed by atoms with Gasteiger partial charge in [0.15, 0.2) is 0 Å². The van der Waals surface area contributed by atoms with Crippen LogP contribution in [0, 0.1) is 0 Å². The first kappa shape index (κ1) is 8.69. The summed E-state index contributed by atoms with van der Waals surface area (Å²) in [6.45, 7) is 0.214. The molecule has 1 nitrogen and oxygen atoms in total. The molecule has 0 saturated heterocycles. The van der Waals surface area contributed by atoms with Crippen LogP contribution in [0.5, 0.6) is 0 Å². The predicted octanol–water partition coefficient (Wildman–Crippen LogP) is 2.86. The minimum Gasteiger partial charge on any atom is -0.396 e. The van der Waals surface area contributed by atoms with Crippen molar-refractivity contribution >= 4 is 22.9 Å². The summed E-state index contributed by atoms with van der Waals surface area (Å²) >= 11 is 0. The van der Waals surface area contributed by atoms with Crippen LogP contribution < -0.4 is 0 Å². The standard InChI is InChI=1S/C14H12O/c15-9-8-10-4-5-12-7-6-11-2-1-3-13(10)14(11)12/h1-7,15H,8-9H2. The van der Waals surface area contributed by atoms with E-state index in [9.17, 15) is 0 Å². The van der Waals surface area contributed by atoms with Gasteiger partial charge < -0.3 is 5.11 Å². The van der Waals surface area contributed by atoms with Gasteiger partial charge in [0.05, 0.1) is 0 Å². The smallest absolute Gasteiger partial charge is 0.0471 e. The number of aliphatic hydroxyl groups excluding tert-OH is 1. The lowest BCUT2D eigenvalue weighted by atomic mass is 9.98. The first-order valence-electron chi connectivity index (χ1n) is 5.24. The lowest BCUT2D eigenvalue weighted by molar-refractivity contribution is 0.300. The molecule has 1 aliphatic rings. The minimum atomic E-state index is 0.214. The van der Waals surface area contributed by atoms with Crippen LogP contribution in [-0.4, -0.2) is 11.7 Å². The Bertz CT molecular complexity index is 540. The molecule has 0 fully saturated rings. The van der Waals surface area contributed by atoms with Gasteiger partial charge in [-0.1, -0.05) is 42.5 Å². The number of rotatable bonds is 2. The van der Waals surface area contributed by atoms with Crippen molar-refractivity contribution in [1.82, 2.24) is 0 Å². The number of hydrogen-bond donors (Lipinski definition) is 1. The van der Waals surface area contributed by atoms with Crippen LogP contribution in [-0.2, 0) is 6.42 Å². The second kappa shape index (κ2) is 3.21. The molecule has 0 heterocycles. The van der Waals surface area contributed by atoms with Gasteiger partial charge in [-0.25, -0.2) is 0 Å². The van der Waals surface area contributed by atoms with Crippen LogP contribution >= 0.6 is 0 Å². The molecule has 0 bridgehead atoms. The summed E-state index contributed by atoms with van der Waals surface area (Å²) in [5.41, 5.74) is 3.83. The van der Waals surface area contributed by atoms with Crippen molar-refractivity contribution in [2.24, 2.45) is 0 Å². The first-order chi connectivity index (χ1) is 7.40. The molecular formula is C14H12O. The molecular weight excluding hydrogens is 184 g/mol. The van der Waals surface area contributed by atoms with Crippen molar-refractivity contribution < 1.29 is 5.11 Å². The molecule has 1 heteroatoms. The van der Waals surface area contributed by atoms with Crippen molar-refractivity contribution in [3.05, 3.63) is 47.0 Å². The van der Waals surface area contributed by atoms with Crippen LogP contribution in [0.1, 0.15) is 16.7 Å². The number of hydrogen-bond acceptors (Lipinski definition) is 1. The molecule has 0 radical (unpaired) electrons. The van der Waals surface area contributed by atoms with Gasteiger partial charge in [0, 0.05) is 6.61 Å². The molecule has 2 aromatic rings. The number of benzene rings is 2. The highest BCUT2D eigenvalue weighted by Crippen LogP contribution is 2.33. The van der Waals surface area contributed by atoms with Crippen LogP contribution in [0.2, 0.25) is 0 Å². The van der Waals surface area contributed by atoms with Crippen molar-refractivity contribution in [3.8, 4) is 0 Å². The maximum atomic E-state index is 9.02. The molecule has 0 unspecified atom stereocenters. The van der Waals surface area contributed by atoms with E-state index in [1.807, 2.05) is 0 Å². The van der Waals surface area contributed by atoms with Crippen LogP contribution in [0.15, 0.2) is 30.3 Å². The molecule has 15 heavy (non-hydrogen) atoms. The second-order valence-corrected chi connectivity index (χ2v) is 3.89. The fraction of sp³-hybridized carbons (Fsp3) is 0.143.